The molecule has 26 heavy (non-hydrogen) atoms. The van der Waals surface area contributed by atoms with Gasteiger partial charge in [0, 0.05) is 10.6 Å². The van der Waals surface area contributed by atoms with Crippen LogP contribution >= 0.6 is 11.6 Å². The summed E-state index contributed by atoms with van der Waals surface area (Å²) in [7, 11) is 0.896. The number of esters is 1. The van der Waals surface area contributed by atoms with E-state index in [1.54, 1.807) is 0 Å². The van der Waals surface area contributed by atoms with Gasteiger partial charge in [0.1, 0.15) is 7.11 Å². The minimum Gasteiger partial charge on any atom is -0.462 e. The van der Waals surface area contributed by atoms with E-state index in [0.717, 1.165) is 7.11 Å². The second-order valence-electron chi connectivity index (χ2n) is 4.88. The Kier molecular flexibility index (Phi) is 5.45. The fourth-order valence-corrected chi connectivity index (χ4v) is 2.54. The van der Waals surface area contributed by atoms with Crippen molar-refractivity contribution >= 4 is 23.3 Å². The van der Waals surface area contributed by atoms with E-state index in [4.69, 9.17) is 16.4 Å². The quantitative estimate of drug-likeness (QED) is 0.437. The molecule has 0 unspecified atom stereocenters. The summed E-state index contributed by atoms with van der Waals surface area (Å²) in [6.45, 7) is 1.10. The summed E-state index contributed by atoms with van der Waals surface area (Å²) in [6, 6.07) is 5.22. The van der Waals surface area contributed by atoms with E-state index in [0.29, 0.717) is 0 Å². The summed E-state index contributed by atoms with van der Waals surface area (Å²) in [4.78, 5) is 27.3. The Hall–Kier alpha value is -2.75. The lowest BCUT2D eigenvalue weighted by Crippen LogP contribution is -2.22. The van der Waals surface area contributed by atoms with Crippen LogP contribution in [0.25, 0.3) is 11.3 Å². The number of nitrogens with zero attached hydrogens (tertiary/aromatic N) is 2. The number of rotatable bonds is 5. The number of hydrogen-bond acceptors (Lipinski definition) is 5. The lowest BCUT2D eigenvalue weighted by Gasteiger charge is -2.13. The zero-order valence-electron chi connectivity index (χ0n) is 13.5. The van der Waals surface area contributed by atoms with Gasteiger partial charge in [-0.05, 0) is 19.1 Å². The molecule has 1 aromatic carbocycles. The number of alkyl halides is 3. The molecule has 0 saturated carbocycles. The first-order valence-corrected chi connectivity index (χ1v) is 7.49. The van der Waals surface area contributed by atoms with Crippen molar-refractivity contribution in [3.05, 3.63) is 50.7 Å². The molecule has 2 aromatic rings. The first-order chi connectivity index (χ1) is 12.1. The van der Waals surface area contributed by atoms with Crippen molar-refractivity contribution < 1.29 is 32.5 Å². The smallest absolute Gasteiger partial charge is 0.435 e. The maximum Gasteiger partial charge on any atom is 0.435 e. The summed E-state index contributed by atoms with van der Waals surface area (Å²) in [5, 5.41) is 11.8. The average Bonchev–Trinajstić information content (AvgIpc) is 2.91. The topological polar surface area (TPSA) is 83.6 Å². The molecule has 0 spiro atoms. The molecule has 0 N–H and O–H groups in total. The van der Waals surface area contributed by atoms with Crippen LogP contribution in [0.15, 0.2) is 24.3 Å². The van der Waals surface area contributed by atoms with Crippen LogP contribution in [0.4, 0.5) is 18.9 Å². The van der Waals surface area contributed by atoms with Crippen molar-refractivity contribution in [2.45, 2.75) is 13.1 Å². The molecule has 0 bridgehead atoms. The van der Waals surface area contributed by atoms with Crippen molar-refractivity contribution in [1.29, 1.82) is 0 Å². The standard InChI is InChI=1S/C15H12ClF3N2O5/c1-3-26-14(22)10-12(21(23)24)11(8-4-6-9(16)7-5-8)20(25-2)13(10)15(17,18)19/h4-7H,3H2,1-2H3. The molecule has 7 nitrogen and oxygen atoms in total. The summed E-state index contributed by atoms with van der Waals surface area (Å²) < 4.78 is 45.5. The molecular formula is C15H12ClF3N2O5. The number of nitro groups is 1. The van der Waals surface area contributed by atoms with E-state index < -0.39 is 39.7 Å². The monoisotopic (exact) mass is 392 g/mol. The normalized spacial score (nSPS) is 11.3. The van der Waals surface area contributed by atoms with Crippen LogP contribution < -0.4 is 4.84 Å². The van der Waals surface area contributed by atoms with Gasteiger partial charge in [-0.1, -0.05) is 23.7 Å². The summed E-state index contributed by atoms with van der Waals surface area (Å²) in [5.74, 6) is -1.47. The molecular weight excluding hydrogens is 381 g/mol. The van der Waals surface area contributed by atoms with Crippen LogP contribution in [0.5, 0.6) is 0 Å². The Bertz CT molecular complexity index is 846. The number of aromatic nitrogens is 1. The molecule has 0 aliphatic rings. The van der Waals surface area contributed by atoms with Gasteiger partial charge in [0.2, 0.25) is 0 Å². The second-order valence-corrected chi connectivity index (χ2v) is 5.32. The molecule has 0 radical (unpaired) electrons. The molecule has 0 amide bonds. The minimum atomic E-state index is -5.12. The summed E-state index contributed by atoms with van der Waals surface area (Å²) >= 11 is 5.75. The molecule has 2 rings (SSSR count). The number of benzene rings is 1. The fourth-order valence-electron chi connectivity index (χ4n) is 2.42. The predicted octanol–water partition coefficient (Wildman–Crippen LogP) is 3.97. The van der Waals surface area contributed by atoms with E-state index in [2.05, 4.69) is 4.74 Å². The van der Waals surface area contributed by atoms with Crippen LogP contribution in [0.2, 0.25) is 5.02 Å². The van der Waals surface area contributed by atoms with Crippen molar-refractivity contribution in [1.82, 2.24) is 4.73 Å². The van der Waals surface area contributed by atoms with Crippen LogP contribution in [-0.2, 0) is 10.9 Å². The van der Waals surface area contributed by atoms with E-state index in [1.165, 1.54) is 31.2 Å². The number of ether oxygens (including phenoxy) is 1. The van der Waals surface area contributed by atoms with Gasteiger partial charge in [-0.3, -0.25) is 10.1 Å². The molecule has 0 fully saturated rings. The second kappa shape index (κ2) is 7.24. The lowest BCUT2D eigenvalue weighted by atomic mass is 10.1. The summed E-state index contributed by atoms with van der Waals surface area (Å²) in [5.41, 5.74) is -4.47. The van der Waals surface area contributed by atoms with E-state index >= 15 is 0 Å². The number of carbonyl (C=O) groups excluding carboxylic acids is 1. The zero-order chi connectivity index (χ0) is 19.6. The third-order valence-electron chi connectivity index (χ3n) is 3.33. The van der Waals surface area contributed by atoms with Gasteiger partial charge in [-0.25, -0.2) is 4.79 Å². The lowest BCUT2D eigenvalue weighted by molar-refractivity contribution is -0.384. The number of hydrogen-bond donors (Lipinski definition) is 0. The highest BCUT2D eigenvalue weighted by atomic mass is 35.5. The molecule has 11 heteroatoms. The van der Waals surface area contributed by atoms with Gasteiger partial charge >= 0.3 is 17.8 Å². The third-order valence-corrected chi connectivity index (χ3v) is 3.59. The van der Waals surface area contributed by atoms with E-state index in [1.807, 2.05) is 0 Å². The Morgan fingerprint density at radius 2 is 1.88 bits per heavy atom. The van der Waals surface area contributed by atoms with Gasteiger partial charge in [0.25, 0.3) is 0 Å². The molecule has 1 aromatic heterocycles. The van der Waals surface area contributed by atoms with Crippen molar-refractivity contribution in [3.8, 4) is 11.3 Å². The van der Waals surface area contributed by atoms with E-state index in [9.17, 15) is 28.1 Å². The van der Waals surface area contributed by atoms with Crippen molar-refractivity contribution in [2.24, 2.45) is 0 Å². The molecule has 0 atom stereocenters. The number of halogens is 4. The maximum atomic E-state index is 13.6. The van der Waals surface area contributed by atoms with Gasteiger partial charge in [0.05, 0.1) is 11.5 Å². The zero-order valence-corrected chi connectivity index (χ0v) is 14.2. The average molecular weight is 393 g/mol. The van der Waals surface area contributed by atoms with Crippen molar-refractivity contribution in [2.75, 3.05) is 13.7 Å². The van der Waals surface area contributed by atoms with Crippen LogP contribution in [0.3, 0.4) is 0 Å². The van der Waals surface area contributed by atoms with Gasteiger partial charge < -0.3 is 9.57 Å². The van der Waals surface area contributed by atoms with Crippen LogP contribution in [0.1, 0.15) is 23.0 Å². The van der Waals surface area contributed by atoms with Gasteiger partial charge in [-0.15, -0.1) is 0 Å². The third kappa shape index (κ3) is 3.45. The molecule has 0 saturated heterocycles. The Labute approximate surface area is 150 Å². The fraction of sp³-hybridized carbons (Fsp3) is 0.267. The highest BCUT2D eigenvalue weighted by Crippen LogP contribution is 2.44. The molecule has 140 valence electrons. The maximum absolute atomic E-state index is 13.6. The van der Waals surface area contributed by atoms with Gasteiger partial charge in [0.15, 0.2) is 17.0 Å². The Balaban J connectivity index is 2.97. The first-order valence-electron chi connectivity index (χ1n) is 7.11. The molecule has 0 aliphatic carbocycles. The Morgan fingerprint density at radius 1 is 1.31 bits per heavy atom. The van der Waals surface area contributed by atoms with E-state index in [-0.39, 0.29) is 21.9 Å². The molecule has 1 heterocycles. The largest absolute Gasteiger partial charge is 0.462 e. The first kappa shape index (κ1) is 19.6. The minimum absolute atomic E-state index is 0.00370. The predicted molar refractivity (Wildman–Crippen MR) is 85.0 cm³/mol. The van der Waals surface area contributed by atoms with Gasteiger partial charge in [-0.2, -0.15) is 17.9 Å². The SMILES string of the molecule is CCOC(=O)c1c([N+](=O)[O-])c(-c2ccc(Cl)cc2)n(OC)c1C(F)(F)F. The molecule has 0 aliphatic heterocycles. The Morgan fingerprint density at radius 3 is 2.31 bits per heavy atom. The van der Waals surface area contributed by atoms with Crippen LogP contribution in [-0.4, -0.2) is 29.3 Å². The summed E-state index contributed by atoms with van der Waals surface area (Å²) in [6.07, 6.45) is -5.12. The number of carbonyl (C=O) groups is 1. The van der Waals surface area contributed by atoms with Crippen LogP contribution in [0, 0.1) is 10.1 Å². The van der Waals surface area contributed by atoms with Crippen molar-refractivity contribution in [3.63, 3.8) is 0 Å². The highest BCUT2D eigenvalue weighted by Gasteiger charge is 2.49. The highest BCUT2D eigenvalue weighted by molar-refractivity contribution is 6.30.